The van der Waals surface area contributed by atoms with Crippen LogP contribution in [0, 0.1) is 0 Å². The maximum atomic E-state index is 4.65. The van der Waals surface area contributed by atoms with Gasteiger partial charge in [-0.25, -0.2) is 4.59 Å². The van der Waals surface area contributed by atoms with Crippen molar-refractivity contribution in [3.8, 4) is 0 Å². The molecule has 0 radical (unpaired) electrons. The molecule has 0 aliphatic heterocycles. The zero-order chi connectivity index (χ0) is 10.6. The van der Waals surface area contributed by atoms with Crippen molar-refractivity contribution in [2.45, 2.75) is 13.3 Å². The average molecular weight is 318 g/mol. The Balaban J connectivity index is 0.00000196. The summed E-state index contributed by atoms with van der Waals surface area (Å²) in [6.45, 7) is 2.14. The normalized spacial score (nSPS) is 12.1. The van der Waals surface area contributed by atoms with Crippen LogP contribution < -0.4 is 24.0 Å². The molecule has 15 heavy (non-hydrogen) atoms. The van der Waals surface area contributed by atoms with Crippen LogP contribution in [0.5, 0.6) is 0 Å². The Labute approximate surface area is 110 Å². The summed E-state index contributed by atoms with van der Waals surface area (Å²) < 4.78 is 0.623. The Morgan fingerprint density at radius 2 is 1.67 bits per heavy atom. The minimum absolute atomic E-state index is 0. The molecule has 0 amide bonds. The summed E-state index contributed by atoms with van der Waals surface area (Å²) in [7, 11) is 6.20. The summed E-state index contributed by atoms with van der Waals surface area (Å²) in [5.74, 6) is 0. The molecule has 0 fully saturated rings. The minimum Gasteiger partial charge on any atom is -1.00 e. The highest BCUT2D eigenvalue weighted by Gasteiger charge is 2.08. The van der Waals surface area contributed by atoms with Crippen LogP contribution in [0.2, 0.25) is 0 Å². The van der Waals surface area contributed by atoms with Gasteiger partial charge in [-0.2, -0.15) is 0 Å². The lowest BCUT2D eigenvalue weighted by molar-refractivity contribution is -0.877. The van der Waals surface area contributed by atoms with Gasteiger partial charge in [0.1, 0.15) is 5.71 Å². The molecular formula is C12H19IN2. The van der Waals surface area contributed by atoms with Crippen molar-refractivity contribution in [3.63, 3.8) is 0 Å². The summed E-state index contributed by atoms with van der Waals surface area (Å²) in [6.07, 6.45) is 0.972. The second-order valence-corrected chi connectivity index (χ2v) is 4.21. The summed E-state index contributed by atoms with van der Waals surface area (Å²) in [5, 5.41) is 4.65. The van der Waals surface area contributed by atoms with Crippen molar-refractivity contribution >= 4 is 5.71 Å². The Morgan fingerprint density at radius 1 is 1.13 bits per heavy atom. The number of hydrogen-bond donors (Lipinski definition) is 0. The third kappa shape index (κ3) is 5.28. The quantitative estimate of drug-likeness (QED) is 0.309. The van der Waals surface area contributed by atoms with Crippen molar-refractivity contribution in [1.29, 1.82) is 0 Å². The second-order valence-electron chi connectivity index (χ2n) is 4.21. The van der Waals surface area contributed by atoms with Crippen molar-refractivity contribution in [2.75, 3.05) is 21.1 Å². The maximum Gasteiger partial charge on any atom is 0.103 e. The predicted molar refractivity (Wildman–Crippen MR) is 61.3 cm³/mol. The van der Waals surface area contributed by atoms with Gasteiger partial charge in [0.2, 0.25) is 0 Å². The van der Waals surface area contributed by atoms with Gasteiger partial charge in [-0.15, -0.1) is 0 Å². The monoisotopic (exact) mass is 318 g/mol. The van der Waals surface area contributed by atoms with E-state index in [0.29, 0.717) is 4.59 Å². The zero-order valence-electron chi connectivity index (χ0n) is 9.87. The van der Waals surface area contributed by atoms with Gasteiger partial charge in [0.25, 0.3) is 0 Å². The molecule has 0 bridgehead atoms. The molecular weight excluding hydrogens is 299 g/mol. The summed E-state index contributed by atoms with van der Waals surface area (Å²) in [5.41, 5.74) is 2.39. The van der Waals surface area contributed by atoms with E-state index in [1.54, 1.807) is 0 Å². The van der Waals surface area contributed by atoms with Gasteiger partial charge in [-0.1, -0.05) is 42.4 Å². The molecule has 0 saturated heterocycles. The number of hydrogen-bond acceptors (Lipinski definition) is 1. The van der Waals surface area contributed by atoms with Crippen molar-refractivity contribution in [3.05, 3.63) is 35.9 Å². The molecule has 0 saturated carbocycles. The molecule has 84 valence electrons. The van der Waals surface area contributed by atoms with Gasteiger partial charge < -0.3 is 24.0 Å². The topological polar surface area (TPSA) is 12.4 Å². The fraction of sp³-hybridized carbons (Fsp3) is 0.417. The van der Waals surface area contributed by atoms with E-state index >= 15 is 0 Å². The summed E-state index contributed by atoms with van der Waals surface area (Å²) in [4.78, 5) is 0. The highest BCUT2D eigenvalue weighted by molar-refractivity contribution is 5.99. The summed E-state index contributed by atoms with van der Waals surface area (Å²) >= 11 is 0. The van der Waals surface area contributed by atoms with E-state index in [-0.39, 0.29) is 24.0 Å². The molecule has 0 aromatic heterocycles. The van der Waals surface area contributed by atoms with Gasteiger partial charge in [0, 0.05) is 5.56 Å². The highest BCUT2D eigenvalue weighted by Crippen LogP contribution is 2.06. The molecule has 3 heteroatoms. The Kier molecular flexibility index (Phi) is 6.05. The van der Waals surface area contributed by atoms with Crippen LogP contribution in [0.3, 0.4) is 0 Å². The lowest BCUT2D eigenvalue weighted by Gasteiger charge is -2.17. The van der Waals surface area contributed by atoms with E-state index in [4.69, 9.17) is 0 Å². The van der Waals surface area contributed by atoms with Crippen LogP contribution in [0.4, 0.5) is 0 Å². The van der Waals surface area contributed by atoms with E-state index in [9.17, 15) is 0 Å². The van der Waals surface area contributed by atoms with Crippen LogP contribution in [0.15, 0.2) is 35.4 Å². The van der Waals surface area contributed by atoms with Crippen LogP contribution in [-0.4, -0.2) is 31.4 Å². The molecule has 1 rings (SSSR count). The molecule has 2 nitrogen and oxygen atoms in total. The van der Waals surface area contributed by atoms with Gasteiger partial charge >= 0.3 is 0 Å². The number of quaternary nitrogens is 1. The SMILES string of the molecule is CCC(=N[N+](C)(C)C)c1ccccc1.[I-]. The average Bonchev–Trinajstić information content (AvgIpc) is 2.14. The summed E-state index contributed by atoms with van der Waals surface area (Å²) in [6, 6.07) is 10.4. The van der Waals surface area contributed by atoms with Crippen molar-refractivity contribution in [2.24, 2.45) is 5.10 Å². The molecule has 0 unspecified atom stereocenters. The predicted octanol–water partition coefficient (Wildman–Crippen LogP) is -0.489. The first-order chi connectivity index (χ1) is 6.53. The molecule has 0 aliphatic rings. The molecule has 0 atom stereocenters. The van der Waals surface area contributed by atoms with Crippen LogP contribution in [-0.2, 0) is 0 Å². The number of rotatable bonds is 3. The Morgan fingerprint density at radius 3 is 2.07 bits per heavy atom. The van der Waals surface area contributed by atoms with E-state index < -0.39 is 0 Å². The van der Waals surface area contributed by atoms with Crippen molar-refractivity contribution in [1.82, 2.24) is 0 Å². The smallest absolute Gasteiger partial charge is 0.103 e. The van der Waals surface area contributed by atoms with Gasteiger partial charge in [0.15, 0.2) is 0 Å². The first-order valence-corrected chi connectivity index (χ1v) is 4.99. The Bertz CT molecular complexity index is 312. The number of nitrogens with zero attached hydrogens (tertiary/aromatic N) is 2. The van der Waals surface area contributed by atoms with Crippen LogP contribution >= 0.6 is 0 Å². The zero-order valence-corrected chi connectivity index (χ0v) is 12.0. The van der Waals surface area contributed by atoms with Gasteiger partial charge in [0.05, 0.1) is 21.1 Å². The molecule has 1 aromatic carbocycles. The van der Waals surface area contributed by atoms with E-state index in [2.05, 4.69) is 57.4 Å². The standard InChI is InChI=1S/C12H19N2.HI/c1-5-12(13-14(2,3)4)11-9-7-6-8-10-11;/h6-10H,5H2,1-4H3;1H/q+1;/p-1. The molecule has 0 N–H and O–H groups in total. The van der Waals surface area contributed by atoms with Crippen LogP contribution in [0.25, 0.3) is 0 Å². The molecule has 0 heterocycles. The number of halogens is 1. The fourth-order valence-electron chi connectivity index (χ4n) is 1.33. The Hall–Kier alpha value is -0.420. The lowest BCUT2D eigenvalue weighted by Crippen LogP contribution is -3.00. The van der Waals surface area contributed by atoms with Gasteiger partial charge in [-0.3, -0.25) is 0 Å². The van der Waals surface area contributed by atoms with Crippen LogP contribution in [0.1, 0.15) is 18.9 Å². The largest absolute Gasteiger partial charge is 1.00 e. The highest BCUT2D eigenvalue weighted by atomic mass is 127. The fourth-order valence-corrected chi connectivity index (χ4v) is 1.33. The maximum absolute atomic E-state index is 4.65. The third-order valence-electron chi connectivity index (χ3n) is 1.86. The van der Waals surface area contributed by atoms with E-state index in [1.165, 1.54) is 5.56 Å². The molecule has 0 spiro atoms. The third-order valence-corrected chi connectivity index (χ3v) is 1.86. The van der Waals surface area contributed by atoms with E-state index in [0.717, 1.165) is 12.1 Å². The molecule has 0 aliphatic carbocycles. The van der Waals surface area contributed by atoms with Crippen molar-refractivity contribution < 1.29 is 28.6 Å². The van der Waals surface area contributed by atoms with Gasteiger partial charge in [-0.05, 0) is 6.42 Å². The second kappa shape index (κ2) is 6.23. The molecule has 1 aromatic rings. The van der Waals surface area contributed by atoms with E-state index in [1.807, 2.05) is 6.07 Å². The lowest BCUT2D eigenvalue weighted by atomic mass is 10.1. The number of benzene rings is 1. The minimum atomic E-state index is 0. The first kappa shape index (κ1) is 14.6. The first-order valence-electron chi connectivity index (χ1n) is 4.99.